The van der Waals surface area contributed by atoms with Crippen LogP contribution in [0.4, 0.5) is 10.1 Å². The van der Waals surface area contributed by atoms with Crippen LogP contribution in [0.25, 0.3) is 10.9 Å². The number of nitrogens with zero attached hydrogens (tertiary/aromatic N) is 3. The standard InChI is InChI=1S/C25H29FN4O2/c1-3-28-11-13-29(14-12-28)25(32)23-17-19-16-21(9-10-22(19)30(23)4-2)27-24(31)15-18-5-7-20(26)8-6-18/h5-10,16-17H,3-4,11-15H2,1-2H3,(H,27,31). The third-order valence-electron chi connectivity index (χ3n) is 6.11. The highest BCUT2D eigenvalue weighted by Crippen LogP contribution is 2.25. The molecule has 1 saturated heterocycles. The molecule has 2 heterocycles. The summed E-state index contributed by atoms with van der Waals surface area (Å²) in [6, 6.07) is 13.5. The van der Waals surface area contributed by atoms with Gasteiger partial charge in [0.1, 0.15) is 11.5 Å². The normalized spacial score (nSPS) is 14.7. The molecule has 0 spiro atoms. The smallest absolute Gasteiger partial charge is 0.270 e. The number of aryl methyl sites for hydroxylation is 1. The van der Waals surface area contributed by atoms with Gasteiger partial charge in [0.25, 0.3) is 5.91 Å². The van der Waals surface area contributed by atoms with E-state index < -0.39 is 0 Å². The molecular formula is C25H29FN4O2. The molecule has 0 atom stereocenters. The van der Waals surface area contributed by atoms with E-state index in [0.29, 0.717) is 17.9 Å². The summed E-state index contributed by atoms with van der Waals surface area (Å²) in [6.45, 7) is 9.15. The summed E-state index contributed by atoms with van der Waals surface area (Å²) in [4.78, 5) is 29.9. The first-order valence-corrected chi connectivity index (χ1v) is 11.2. The summed E-state index contributed by atoms with van der Waals surface area (Å²) in [5.74, 6) is -0.436. The molecule has 0 aliphatic carbocycles. The van der Waals surface area contributed by atoms with Gasteiger partial charge in [0.05, 0.1) is 6.42 Å². The molecule has 4 rings (SSSR count). The lowest BCUT2D eigenvalue weighted by Gasteiger charge is -2.34. The Hall–Kier alpha value is -3.19. The van der Waals surface area contributed by atoms with E-state index in [9.17, 15) is 14.0 Å². The van der Waals surface area contributed by atoms with E-state index in [4.69, 9.17) is 0 Å². The first-order valence-electron chi connectivity index (χ1n) is 11.2. The Morgan fingerprint density at radius 2 is 1.66 bits per heavy atom. The summed E-state index contributed by atoms with van der Waals surface area (Å²) in [5, 5.41) is 3.82. The lowest BCUT2D eigenvalue weighted by Crippen LogP contribution is -2.48. The molecule has 0 unspecified atom stereocenters. The van der Waals surface area contributed by atoms with Crippen molar-refractivity contribution < 1.29 is 14.0 Å². The number of aromatic nitrogens is 1. The average molecular weight is 437 g/mol. The molecular weight excluding hydrogens is 407 g/mol. The summed E-state index contributed by atoms with van der Waals surface area (Å²) in [6.07, 6.45) is 0.168. The summed E-state index contributed by atoms with van der Waals surface area (Å²) in [5.41, 5.74) is 3.08. The second-order valence-corrected chi connectivity index (χ2v) is 8.13. The van der Waals surface area contributed by atoms with Gasteiger partial charge in [-0.15, -0.1) is 0 Å². The zero-order valence-electron chi connectivity index (χ0n) is 18.6. The van der Waals surface area contributed by atoms with Crippen molar-refractivity contribution in [2.24, 2.45) is 0 Å². The number of benzene rings is 2. The topological polar surface area (TPSA) is 57.6 Å². The van der Waals surface area contributed by atoms with E-state index in [-0.39, 0.29) is 24.1 Å². The molecule has 1 aromatic heterocycles. The van der Waals surface area contributed by atoms with Gasteiger partial charge in [-0.1, -0.05) is 19.1 Å². The van der Waals surface area contributed by atoms with Crippen LogP contribution in [0.2, 0.25) is 0 Å². The Morgan fingerprint density at radius 3 is 2.31 bits per heavy atom. The highest BCUT2D eigenvalue weighted by Gasteiger charge is 2.24. The Bertz CT molecular complexity index is 1110. The van der Waals surface area contributed by atoms with Crippen molar-refractivity contribution in [1.29, 1.82) is 0 Å². The average Bonchev–Trinajstić information content (AvgIpc) is 3.18. The van der Waals surface area contributed by atoms with E-state index in [0.717, 1.165) is 49.2 Å². The Kier molecular flexibility index (Phi) is 6.55. The van der Waals surface area contributed by atoms with Crippen LogP contribution >= 0.6 is 0 Å². The number of piperazine rings is 1. The predicted molar refractivity (Wildman–Crippen MR) is 124 cm³/mol. The number of anilines is 1. The number of nitrogens with one attached hydrogen (secondary N) is 1. The Morgan fingerprint density at radius 1 is 0.938 bits per heavy atom. The Balaban J connectivity index is 1.51. The maximum absolute atomic E-state index is 13.2. The number of fused-ring (bicyclic) bond motifs is 1. The summed E-state index contributed by atoms with van der Waals surface area (Å²) < 4.78 is 15.1. The third-order valence-corrected chi connectivity index (χ3v) is 6.11. The second kappa shape index (κ2) is 9.53. The number of amides is 2. The number of rotatable bonds is 6. The van der Waals surface area contributed by atoms with Crippen molar-refractivity contribution >= 4 is 28.4 Å². The van der Waals surface area contributed by atoms with Crippen LogP contribution in [0.15, 0.2) is 48.5 Å². The SMILES string of the molecule is CCN1CCN(C(=O)c2cc3cc(NC(=O)Cc4ccc(F)cc4)ccc3n2CC)CC1. The van der Waals surface area contributed by atoms with Gasteiger partial charge >= 0.3 is 0 Å². The summed E-state index contributed by atoms with van der Waals surface area (Å²) in [7, 11) is 0. The van der Waals surface area contributed by atoms with Crippen molar-refractivity contribution in [2.75, 3.05) is 38.0 Å². The van der Waals surface area contributed by atoms with Gasteiger partial charge in [-0.2, -0.15) is 0 Å². The van der Waals surface area contributed by atoms with Gasteiger partial charge < -0.3 is 19.7 Å². The third kappa shape index (κ3) is 4.67. The van der Waals surface area contributed by atoms with Crippen LogP contribution in [0.1, 0.15) is 29.9 Å². The minimum atomic E-state index is -0.322. The van der Waals surface area contributed by atoms with Crippen molar-refractivity contribution in [1.82, 2.24) is 14.4 Å². The number of hydrogen-bond donors (Lipinski definition) is 1. The molecule has 1 aliphatic rings. The minimum Gasteiger partial charge on any atom is -0.337 e. The predicted octanol–water partition coefficient (Wildman–Crippen LogP) is 3.76. The molecule has 6 nitrogen and oxygen atoms in total. The number of halogens is 1. The van der Waals surface area contributed by atoms with Gasteiger partial charge in [-0.3, -0.25) is 9.59 Å². The van der Waals surface area contributed by atoms with Gasteiger partial charge in [0, 0.05) is 49.3 Å². The van der Waals surface area contributed by atoms with Gasteiger partial charge in [-0.05, 0) is 55.4 Å². The lowest BCUT2D eigenvalue weighted by atomic mass is 10.1. The largest absolute Gasteiger partial charge is 0.337 e. The van der Waals surface area contributed by atoms with Crippen LogP contribution in [0.3, 0.4) is 0 Å². The number of carbonyl (C=O) groups is 2. The van der Waals surface area contributed by atoms with Crippen LogP contribution in [0, 0.1) is 5.82 Å². The van der Waals surface area contributed by atoms with Crippen LogP contribution in [0.5, 0.6) is 0 Å². The van der Waals surface area contributed by atoms with Crippen molar-refractivity contribution in [3.05, 3.63) is 65.6 Å². The number of hydrogen-bond acceptors (Lipinski definition) is 3. The molecule has 1 N–H and O–H groups in total. The van der Waals surface area contributed by atoms with E-state index in [1.54, 1.807) is 12.1 Å². The molecule has 3 aromatic rings. The van der Waals surface area contributed by atoms with Crippen LogP contribution < -0.4 is 5.32 Å². The molecule has 1 fully saturated rings. The fraction of sp³-hybridized carbons (Fsp3) is 0.360. The monoisotopic (exact) mass is 436 g/mol. The molecule has 7 heteroatoms. The van der Waals surface area contributed by atoms with E-state index in [1.165, 1.54) is 12.1 Å². The first-order chi connectivity index (χ1) is 15.5. The molecule has 2 amide bonds. The second-order valence-electron chi connectivity index (χ2n) is 8.13. The molecule has 0 radical (unpaired) electrons. The maximum atomic E-state index is 13.2. The van der Waals surface area contributed by atoms with Crippen molar-refractivity contribution in [3.8, 4) is 0 Å². The quantitative estimate of drug-likeness (QED) is 0.640. The molecule has 168 valence electrons. The zero-order valence-corrected chi connectivity index (χ0v) is 18.6. The van der Waals surface area contributed by atoms with Crippen LogP contribution in [-0.2, 0) is 17.8 Å². The van der Waals surface area contributed by atoms with Crippen molar-refractivity contribution in [2.45, 2.75) is 26.8 Å². The molecule has 2 aromatic carbocycles. The molecule has 1 aliphatic heterocycles. The number of carbonyl (C=O) groups excluding carboxylic acids is 2. The van der Waals surface area contributed by atoms with Crippen LogP contribution in [-0.4, -0.2) is 58.9 Å². The lowest BCUT2D eigenvalue weighted by molar-refractivity contribution is -0.115. The van der Waals surface area contributed by atoms with E-state index in [2.05, 4.69) is 17.1 Å². The molecule has 0 saturated carbocycles. The zero-order chi connectivity index (χ0) is 22.7. The van der Waals surface area contributed by atoms with Crippen molar-refractivity contribution in [3.63, 3.8) is 0 Å². The van der Waals surface area contributed by atoms with E-state index >= 15 is 0 Å². The van der Waals surface area contributed by atoms with Gasteiger partial charge in [0.15, 0.2) is 0 Å². The highest BCUT2D eigenvalue weighted by molar-refractivity contribution is 6.01. The fourth-order valence-corrected chi connectivity index (χ4v) is 4.29. The Labute approximate surface area is 187 Å². The number of likely N-dealkylation sites (N-methyl/N-ethyl adjacent to an activating group) is 1. The highest BCUT2D eigenvalue weighted by atomic mass is 19.1. The van der Waals surface area contributed by atoms with E-state index in [1.807, 2.05) is 40.7 Å². The summed E-state index contributed by atoms with van der Waals surface area (Å²) >= 11 is 0. The van der Waals surface area contributed by atoms with Gasteiger partial charge in [0.2, 0.25) is 5.91 Å². The molecule has 0 bridgehead atoms. The minimum absolute atomic E-state index is 0.0562. The maximum Gasteiger partial charge on any atom is 0.270 e. The van der Waals surface area contributed by atoms with Gasteiger partial charge in [-0.25, -0.2) is 4.39 Å². The fourth-order valence-electron chi connectivity index (χ4n) is 4.29. The first kappa shape index (κ1) is 22.0. The molecule has 32 heavy (non-hydrogen) atoms.